The lowest BCUT2D eigenvalue weighted by atomic mass is 10.0. The van der Waals surface area contributed by atoms with E-state index >= 15 is 0 Å². The normalized spacial score (nSPS) is 14.6. The molecular weight excluding hydrogens is 510 g/mol. The largest absolute Gasteiger partial charge is 0.480 e. The Morgan fingerprint density at radius 1 is 0.692 bits per heavy atom. The third-order valence-corrected chi connectivity index (χ3v) is 4.70. The summed E-state index contributed by atoms with van der Waals surface area (Å²) in [6.45, 7) is 18.9. The van der Waals surface area contributed by atoms with Crippen molar-refractivity contribution >= 4 is 29.8 Å². The summed E-state index contributed by atoms with van der Waals surface area (Å²) in [6, 6.07) is -3.68. The molecule has 0 spiro atoms. The van der Waals surface area contributed by atoms with Crippen molar-refractivity contribution in [2.45, 2.75) is 130 Å². The number of hydrogen-bond acceptors (Lipinski definition) is 8. The van der Waals surface area contributed by atoms with Crippen molar-refractivity contribution in [2.75, 3.05) is 6.61 Å². The van der Waals surface area contributed by atoms with Gasteiger partial charge in [-0.1, -0.05) is 13.8 Å². The zero-order valence-electron chi connectivity index (χ0n) is 25.4. The Bertz CT molecular complexity index is 852. The van der Waals surface area contributed by atoms with Gasteiger partial charge in [0.05, 0.1) is 12.2 Å². The van der Waals surface area contributed by atoms with Crippen LogP contribution in [0.5, 0.6) is 0 Å². The topological polar surface area (TPSA) is 169 Å². The monoisotopic (exact) mass is 559 g/mol. The van der Waals surface area contributed by atoms with Gasteiger partial charge >= 0.3 is 18.0 Å². The van der Waals surface area contributed by atoms with Gasteiger partial charge in [-0.05, 0) is 81.1 Å². The van der Waals surface area contributed by atoms with Crippen LogP contribution in [0, 0.1) is 5.92 Å². The van der Waals surface area contributed by atoms with Gasteiger partial charge in [-0.3, -0.25) is 14.4 Å². The highest BCUT2D eigenvalue weighted by Gasteiger charge is 2.32. The van der Waals surface area contributed by atoms with Gasteiger partial charge in [0.1, 0.15) is 29.3 Å². The first-order valence-corrected chi connectivity index (χ1v) is 13.2. The number of rotatable bonds is 13. The first-order chi connectivity index (χ1) is 17.5. The highest BCUT2D eigenvalue weighted by molar-refractivity contribution is 5.93. The Balaban J connectivity index is 5.63. The van der Waals surface area contributed by atoms with Gasteiger partial charge < -0.3 is 35.3 Å². The minimum atomic E-state index is -1.38. The highest BCUT2D eigenvalue weighted by atomic mass is 16.6. The van der Waals surface area contributed by atoms with Crippen LogP contribution in [0.3, 0.4) is 0 Å². The van der Waals surface area contributed by atoms with Gasteiger partial charge in [0, 0.05) is 6.42 Å². The van der Waals surface area contributed by atoms with Crippen molar-refractivity contribution in [3.05, 3.63) is 0 Å². The van der Waals surface area contributed by atoms with Gasteiger partial charge in [0.15, 0.2) is 0 Å². The molecule has 12 nitrogen and oxygen atoms in total. The van der Waals surface area contributed by atoms with Crippen molar-refractivity contribution in [3.8, 4) is 0 Å². The van der Waals surface area contributed by atoms with Crippen LogP contribution in [-0.4, -0.2) is 76.5 Å². The zero-order valence-corrected chi connectivity index (χ0v) is 25.4. The van der Waals surface area contributed by atoms with Crippen LogP contribution in [0.15, 0.2) is 0 Å². The van der Waals surface area contributed by atoms with Crippen LogP contribution >= 0.6 is 0 Å². The summed E-state index contributed by atoms with van der Waals surface area (Å²) in [5.41, 5.74) is -2.15. The number of carboxylic acid groups (broad SMARTS) is 1. The van der Waals surface area contributed by atoms with Crippen LogP contribution < -0.4 is 16.0 Å². The average molecular weight is 560 g/mol. The van der Waals surface area contributed by atoms with Gasteiger partial charge in [-0.2, -0.15) is 0 Å². The van der Waals surface area contributed by atoms with Gasteiger partial charge in [0.25, 0.3) is 0 Å². The molecule has 0 aliphatic heterocycles. The Kier molecular flexibility index (Phi) is 13.9. The number of nitrogens with one attached hydrogen (secondary N) is 3. The third kappa shape index (κ3) is 18.1. The maximum absolute atomic E-state index is 13.2. The Morgan fingerprint density at radius 2 is 1.18 bits per heavy atom. The molecule has 0 aromatic rings. The molecule has 0 fully saturated rings. The van der Waals surface area contributed by atoms with Crippen LogP contribution in [0.2, 0.25) is 0 Å². The molecule has 0 saturated heterocycles. The standard InChI is InChI=1S/C27H49N3O9/c1-16(2)14-18(21(32)28-17(23(34)35)12-13-20(31)38-26(6,7)8)29-22(33)19(15-37-25(3,4)5)30-24(36)39-27(9,10)11/h16-19H,12-15H2,1-11H3,(H,28,32)(H,29,33)(H,30,36)(H,34,35)/t17-,18-,19-/m0/s1. The molecule has 0 aromatic carbocycles. The SMILES string of the molecule is CC(C)C[C@H](NC(=O)[C@H](COC(C)(C)C)NC(=O)OC(C)(C)C)C(=O)N[C@@H](CCC(=O)OC(C)(C)C)C(=O)O. The summed E-state index contributed by atoms with van der Waals surface area (Å²) < 4.78 is 16.2. The predicted octanol–water partition coefficient (Wildman–Crippen LogP) is 2.92. The summed E-state index contributed by atoms with van der Waals surface area (Å²) in [4.78, 5) is 62.5. The number of carboxylic acids is 1. The van der Waals surface area contributed by atoms with Crippen molar-refractivity contribution in [1.29, 1.82) is 0 Å². The number of hydrogen-bond donors (Lipinski definition) is 4. The van der Waals surface area contributed by atoms with E-state index in [-0.39, 0.29) is 31.8 Å². The number of amides is 3. The molecule has 226 valence electrons. The molecule has 4 N–H and O–H groups in total. The van der Waals surface area contributed by atoms with E-state index in [1.807, 2.05) is 13.8 Å². The number of alkyl carbamates (subject to hydrolysis) is 1. The fraction of sp³-hybridized carbons (Fsp3) is 0.815. The van der Waals surface area contributed by atoms with Crippen molar-refractivity contribution in [3.63, 3.8) is 0 Å². The second kappa shape index (κ2) is 15.0. The summed E-state index contributed by atoms with van der Waals surface area (Å²) in [5.74, 6) is -3.41. The lowest BCUT2D eigenvalue weighted by Gasteiger charge is -2.28. The summed E-state index contributed by atoms with van der Waals surface area (Å²) in [6.07, 6.45) is -1.06. The second-order valence-electron chi connectivity index (χ2n) is 12.8. The smallest absolute Gasteiger partial charge is 0.408 e. The van der Waals surface area contributed by atoms with Crippen LogP contribution in [0.4, 0.5) is 4.79 Å². The van der Waals surface area contributed by atoms with Gasteiger partial charge in [0.2, 0.25) is 11.8 Å². The summed E-state index contributed by atoms with van der Waals surface area (Å²) in [7, 11) is 0. The molecule has 0 aliphatic carbocycles. The fourth-order valence-electron chi connectivity index (χ4n) is 3.13. The number of ether oxygens (including phenoxy) is 3. The van der Waals surface area contributed by atoms with E-state index in [4.69, 9.17) is 14.2 Å². The van der Waals surface area contributed by atoms with E-state index in [0.29, 0.717) is 0 Å². The van der Waals surface area contributed by atoms with Crippen molar-refractivity contribution < 1.29 is 43.3 Å². The van der Waals surface area contributed by atoms with Crippen LogP contribution in [0.1, 0.15) is 95.4 Å². The Labute approximate surface area is 232 Å². The molecule has 12 heteroatoms. The molecule has 0 radical (unpaired) electrons. The predicted molar refractivity (Wildman–Crippen MR) is 145 cm³/mol. The quantitative estimate of drug-likeness (QED) is 0.248. The van der Waals surface area contributed by atoms with E-state index in [2.05, 4.69) is 16.0 Å². The molecule has 0 unspecified atom stereocenters. The third-order valence-electron chi connectivity index (χ3n) is 4.70. The minimum absolute atomic E-state index is 0.0471. The van der Waals surface area contributed by atoms with Crippen molar-refractivity contribution in [2.24, 2.45) is 5.92 Å². The zero-order chi connectivity index (χ0) is 30.8. The number of carbonyl (C=O) groups is 5. The van der Waals surface area contributed by atoms with E-state index in [9.17, 15) is 29.1 Å². The molecule has 0 aromatic heterocycles. The lowest BCUT2D eigenvalue weighted by molar-refractivity contribution is -0.155. The van der Waals surface area contributed by atoms with E-state index < -0.39 is 64.8 Å². The molecule has 3 atom stereocenters. The Morgan fingerprint density at radius 3 is 1.62 bits per heavy atom. The van der Waals surface area contributed by atoms with E-state index in [1.54, 1.807) is 62.3 Å². The molecular formula is C27H49N3O9. The highest BCUT2D eigenvalue weighted by Crippen LogP contribution is 2.13. The first kappa shape index (κ1) is 36.1. The number of carbonyl (C=O) groups excluding carboxylic acids is 4. The summed E-state index contributed by atoms with van der Waals surface area (Å²) >= 11 is 0. The van der Waals surface area contributed by atoms with E-state index in [1.165, 1.54) is 0 Å². The fourth-order valence-corrected chi connectivity index (χ4v) is 3.13. The van der Waals surface area contributed by atoms with Crippen LogP contribution in [0.25, 0.3) is 0 Å². The van der Waals surface area contributed by atoms with Gasteiger partial charge in [-0.15, -0.1) is 0 Å². The van der Waals surface area contributed by atoms with Gasteiger partial charge in [-0.25, -0.2) is 9.59 Å². The molecule has 0 aliphatic rings. The molecule has 0 heterocycles. The molecule has 0 rings (SSSR count). The molecule has 0 bridgehead atoms. The lowest BCUT2D eigenvalue weighted by Crippen LogP contribution is -2.57. The van der Waals surface area contributed by atoms with Crippen LogP contribution in [-0.2, 0) is 33.4 Å². The average Bonchev–Trinajstić information content (AvgIpc) is 2.69. The second-order valence-corrected chi connectivity index (χ2v) is 12.8. The number of aliphatic carboxylic acids is 1. The maximum atomic E-state index is 13.2. The molecule has 3 amide bonds. The number of esters is 1. The molecule has 39 heavy (non-hydrogen) atoms. The van der Waals surface area contributed by atoms with Crippen molar-refractivity contribution in [1.82, 2.24) is 16.0 Å². The summed E-state index contributed by atoms with van der Waals surface area (Å²) in [5, 5.41) is 17.1. The minimum Gasteiger partial charge on any atom is -0.480 e. The maximum Gasteiger partial charge on any atom is 0.408 e. The van der Waals surface area contributed by atoms with E-state index in [0.717, 1.165) is 0 Å². The first-order valence-electron chi connectivity index (χ1n) is 13.2. The Hall–Kier alpha value is -2.89. The molecule has 0 saturated carbocycles.